The summed E-state index contributed by atoms with van der Waals surface area (Å²) in [5.74, 6) is 0.367. The van der Waals surface area contributed by atoms with E-state index in [9.17, 15) is 4.79 Å². The minimum Gasteiger partial charge on any atom is -0.495 e. The van der Waals surface area contributed by atoms with Gasteiger partial charge in [0.1, 0.15) is 5.75 Å². The monoisotopic (exact) mass is 334 g/mol. The predicted octanol–water partition coefficient (Wildman–Crippen LogP) is 3.60. The number of ether oxygens (including phenoxy) is 1. The molecule has 0 aliphatic rings. The zero-order chi connectivity index (χ0) is 14.7. The molecule has 1 amide bonds. The van der Waals surface area contributed by atoms with Gasteiger partial charge in [0.25, 0.3) is 5.91 Å². The van der Waals surface area contributed by atoms with Crippen molar-refractivity contribution in [1.29, 1.82) is 0 Å². The van der Waals surface area contributed by atoms with Gasteiger partial charge in [-0.15, -0.1) is 0 Å². The number of carbonyl (C=O) groups excluding carboxylic acids is 1. The van der Waals surface area contributed by atoms with Crippen LogP contribution < -0.4 is 15.8 Å². The summed E-state index contributed by atoms with van der Waals surface area (Å²) in [6, 6.07) is 10.5. The van der Waals surface area contributed by atoms with Gasteiger partial charge in [-0.1, -0.05) is 15.9 Å². The van der Waals surface area contributed by atoms with Crippen molar-refractivity contribution >= 4 is 33.2 Å². The van der Waals surface area contributed by atoms with Gasteiger partial charge in [-0.2, -0.15) is 0 Å². The van der Waals surface area contributed by atoms with E-state index in [0.29, 0.717) is 22.7 Å². The summed E-state index contributed by atoms with van der Waals surface area (Å²) in [5.41, 5.74) is 8.42. The van der Waals surface area contributed by atoms with Crippen molar-refractivity contribution in [3.8, 4) is 5.75 Å². The second kappa shape index (κ2) is 5.96. The molecule has 0 bridgehead atoms. The van der Waals surface area contributed by atoms with Gasteiger partial charge in [0.2, 0.25) is 0 Å². The number of nitrogen functional groups attached to an aromatic ring is 1. The number of methoxy groups -OCH3 is 1. The molecule has 2 rings (SSSR count). The first-order chi connectivity index (χ1) is 9.51. The largest absolute Gasteiger partial charge is 0.495 e. The van der Waals surface area contributed by atoms with E-state index in [-0.39, 0.29) is 5.91 Å². The number of nitrogens with one attached hydrogen (secondary N) is 1. The predicted molar refractivity (Wildman–Crippen MR) is 84.2 cm³/mol. The fourth-order valence-electron chi connectivity index (χ4n) is 1.80. The standard InChI is InChI=1S/C15H15BrN2O2/c1-9-7-10(3-5-12(9)16)15(19)18-13-8-11(17)4-6-14(13)20-2/h3-8H,17H2,1-2H3,(H,18,19). The number of rotatable bonds is 3. The zero-order valence-corrected chi connectivity index (χ0v) is 12.8. The molecule has 104 valence electrons. The van der Waals surface area contributed by atoms with Gasteiger partial charge in [-0.3, -0.25) is 4.79 Å². The Morgan fingerprint density at radius 1 is 1.25 bits per heavy atom. The number of anilines is 2. The molecule has 4 nitrogen and oxygen atoms in total. The normalized spacial score (nSPS) is 10.2. The van der Waals surface area contributed by atoms with Gasteiger partial charge in [-0.25, -0.2) is 0 Å². The highest BCUT2D eigenvalue weighted by Crippen LogP contribution is 2.27. The number of hydrogen-bond acceptors (Lipinski definition) is 3. The van der Waals surface area contributed by atoms with Crippen molar-refractivity contribution < 1.29 is 9.53 Å². The van der Waals surface area contributed by atoms with Crippen LogP contribution in [0.5, 0.6) is 5.75 Å². The third-order valence-corrected chi connectivity index (χ3v) is 3.78. The Morgan fingerprint density at radius 2 is 2.00 bits per heavy atom. The highest BCUT2D eigenvalue weighted by Gasteiger charge is 2.11. The average molecular weight is 335 g/mol. The minimum atomic E-state index is -0.204. The molecule has 2 aromatic rings. The smallest absolute Gasteiger partial charge is 0.255 e. The molecule has 0 aromatic heterocycles. The van der Waals surface area contributed by atoms with Gasteiger partial charge in [0.05, 0.1) is 12.8 Å². The minimum absolute atomic E-state index is 0.204. The van der Waals surface area contributed by atoms with E-state index >= 15 is 0 Å². The van der Waals surface area contributed by atoms with Crippen molar-refractivity contribution in [2.24, 2.45) is 0 Å². The van der Waals surface area contributed by atoms with E-state index in [1.165, 1.54) is 0 Å². The first-order valence-electron chi connectivity index (χ1n) is 6.02. The first kappa shape index (κ1) is 14.4. The highest BCUT2D eigenvalue weighted by molar-refractivity contribution is 9.10. The number of benzene rings is 2. The van der Waals surface area contributed by atoms with Crippen molar-refractivity contribution in [1.82, 2.24) is 0 Å². The quantitative estimate of drug-likeness (QED) is 0.843. The Bertz CT molecular complexity index is 656. The fraction of sp³-hybridized carbons (Fsp3) is 0.133. The number of carbonyl (C=O) groups is 1. The van der Waals surface area contributed by atoms with Crippen LogP contribution in [-0.4, -0.2) is 13.0 Å². The third kappa shape index (κ3) is 3.11. The summed E-state index contributed by atoms with van der Waals surface area (Å²) in [5, 5.41) is 2.81. The maximum atomic E-state index is 12.2. The third-order valence-electron chi connectivity index (χ3n) is 2.89. The van der Waals surface area contributed by atoms with Crippen LogP contribution in [0.3, 0.4) is 0 Å². The SMILES string of the molecule is COc1ccc(N)cc1NC(=O)c1ccc(Br)c(C)c1. The molecule has 0 saturated carbocycles. The van der Waals surface area contributed by atoms with Crippen molar-refractivity contribution in [3.63, 3.8) is 0 Å². The highest BCUT2D eigenvalue weighted by atomic mass is 79.9. The molecular formula is C15H15BrN2O2. The fourth-order valence-corrected chi connectivity index (χ4v) is 2.05. The van der Waals surface area contributed by atoms with E-state index in [4.69, 9.17) is 10.5 Å². The molecule has 0 aliphatic carbocycles. The molecule has 0 fully saturated rings. The van der Waals surface area contributed by atoms with Gasteiger partial charge in [-0.05, 0) is 48.9 Å². The zero-order valence-electron chi connectivity index (χ0n) is 11.2. The van der Waals surface area contributed by atoms with E-state index in [0.717, 1.165) is 10.0 Å². The number of hydrogen-bond donors (Lipinski definition) is 2. The number of nitrogens with two attached hydrogens (primary N) is 1. The molecule has 20 heavy (non-hydrogen) atoms. The lowest BCUT2D eigenvalue weighted by atomic mass is 10.1. The van der Waals surface area contributed by atoms with Crippen LogP contribution in [-0.2, 0) is 0 Å². The van der Waals surface area contributed by atoms with Gasteiger partial charge < -0.3 is 15.8 Å². The lowest BCUT2D eigenvalue weighted by Gasteiger charge is -2.11. The van der Waals surface area contributed by atoms with E-state index < -0.39 is 0 Å². The van der Waals surface area contributed by atoms with Crippen LogP contribution in [0.4, 0.5) is 11.4 Å². The van der Waals surface area contributed by atoms with Crippen LogP contribution in [0.2, 0.25) is 0 Å². The molecule has 0 spiro atoms. The Hall–Kier alpha value is -2.01. The molecular weight excluding hydrogens is 320 g/mol. The maximum Gasteiger partial charge on any atom is 0.255 e. The molecule has 5 heteroatoms. The topological polar surface area (TPSA) is 64.3 Å². The molecule has 2 aromatic carbocycles. The van der Waals surface area contributed by atoms with Crippen molar-refractivity contribution in [2.75, 3.05) is 18.2 Å². The summed E-state index contributed by atoms with van der Waals surface area (Å²) >= 11 is 3.41. The molecule has 0 unspecified atom stereocenters. The molecule has 0 radical (unpaired) electrons. The molecule has 3 N–H and O–H groups in total. The lowest BCUT2D eigenvalue weighted by Crippen LogP contribution is -2.13. The molecule has 0 heterocycles. The first-order valence-corrected chi connectivity index (χ1v) is 6.81. The van der Waals surface area contributed by atoms with Crippen LogP contribution in [0.15, 0.2) is 40.9 Å². The van der Waals surface area contributed by atoms with Crippen LogP contribution in [0.1, 0.15) is 15.9 Å². The average Bonchev–Trinajstić information content (AvgIpc) is 2.42. The molecule has 0 atom stereocenters. The summed E-state index contributed by atoms with van der Waals surface area (Å²) < 4.78 is 6.17. The van der Waals surface area contributed by atoms with Gasteiger partial charge >= 0.3 is 0 Å². The maximum absolute atomic E-state index is 12.2. The number of amides is 1. The Labute approximate surface area is 126 Å². The van der Waals surface area contributed by atoms with Crippen molar-refractivity contribution in [2.45, 2.75) is 6.92 Å². The summed E-state index contributed by atoms with van der Waals surface area (Å²) in [6.45, 7) is 1.93. The second-order valence-corrected chi connectivity index (χ2v) is 5.23. The summed E-state index contributed by atoms with van der Waals surface area (Å²) in [7, 11) is 1.55. The van der Waals surface area contributed by atoms with E-state index in [1.807, 2.05) is 19.1 Å². The second-order valence-electron chi connectivity index (χ2n) is 4.38. The van der Waals surface area contributed by atoms with Crippen LogP contribution in [0, 0.1) is 6.92 Å². The Kier molecular flexibility index (Phi) is 4.29. The van der Waals surface area contributed by atoms with Gasteiger partial charge in [0, 0.05) is 15.7 Å². The number of aryl methyl sites for hydroxylation is 1. The Balaban J connectivity index is 2.27. The van der Waals surface area contributed by atoms with Crippen LogP contribution >= 0.6 is 15.9 Å². The Morgan fingerprint density at radius 3 is 2.65 bits per heavy atom. The van der Waals surface area contributed by atoms with Crippen molar-refractivity contribution in [3.05, 3.63) is 52.0 Å². The summed E-state index contributed by atoms with van der Waals surface area (Å²) in [4.78, 5) is 12.2. The molecule has 0 aliphatic heterocycles. The summed E-state index contributed by atoms with van der Waals surface area (Å²) in [6.07, 6.45) is 0. The lowest BCUT2D eigenvalue weighted by molar-refractivity contribution is 0.102. The number of halogens is 1. The van der Waals surface area contributed by atoms with E-state index in [1.54, 1.807) is 31.4 Å². The van der Waals surface area contributed by atoms with Crippen LogP contribution in [0.25, 0.3) is 0 Å². The molecule has 0 saturated heterocycles. The van der Waals surface area contributed by atoms with E-state index in [2.05, 4.69) is 21.2 Å². The van der Waals surface area contributed by atoms with Gasteiger partial charge in [0.15, 0.2) is 0 Å².